The van der Waals surface area contributed by atoms with E-state index in [0.29, 0.717) is 11.3 Å². The van der Waals surface area contributed by atoms with Crippen LogP contribution in [0, 0.1) is 0 Å². The minimum atomic E-state index is -4.31. The Morgan fingerprint density at radius 2 is 2.06 bits per heavy atom. The number of alkyl halides is 3. The fourth-order valence-corrected chi connectivity index (χ4v) is 2.21. The zero-order chi connectivity index (χ0) is 12.5. The van der Waals surface area contributed by atoms with Gasteiger partial charge in [-0.1, -0.05) is 19.1 Å². The summed E-state index contributed by atoms with van der Waals surface area (Å²) in [6, 6.07) is 5.25. The van der Waals surface area contributed by atoms with Crippen LogP contribution in [0.5, 0.6) is 0 Å². The first kappa shape index (κ1) is 12.1. The van der Waals surface area contributed by atoms with Crippen molar-refractivity contribution in [1.29, 1.82) is 0 Å². The average molecular weight is 257 g/mol. The van der Waals surface area contributed by atoms with Crippen molar-refractivity contribution >= 4 is 11.3 Å². The van der Waals surface area contributed by atoms with Crippen LogP contribution < -0.4 is 0 Å². The van der Waals surface area contributed by atoms with E-state index in [1.165, 1.54) is 17.4 Å². The van der Waals surface area contributed by atoms with E-state index in [2.05, 4.69) is 4.98 Å². The molecule has 1 nitrogen and oxygen atoms in total. The van der Waals surface area contributed by atoms with E-state index in [4.69, 9.17) is 0 Å². The van der Waals surface area contributed by atoms with Gasteiger partial charge in [0.25, 0.3) is 0 Å². The molecule has 0 aliphatic rings. The first-order valence-corrected chi connectivity index (χ1v) is 6.00. The van der Waals surface area contributed by atoms with Crippen molar-refractivity contribution in [3.05, 3.63) is 40.2 Å². The van der Waals surface area contributed by atoms with Crippen LogP contribution in [-0.2, 0) is 12.6 Å². The normalized spacial score (nSPS) is 11.8. The summed E-state index contributed by atoms with van der Waals surface area (Å²) in [4.78, 5) is 4.27. The molecule has 0 amide bonds. The lowest BCUT2D eigenvalue weighted by Crippen LogP contribution is -2.04. The molecule has 2 rings (SSSR count). The number of nitrogens with zero attached hydrogens (tertiary/aromatic N) is 1. The van der Waals surface area contributed by atoms with Crippen molar-refractivity contribution in [3.8, 4) is 11.3 Å². The van der Waals surface area contributed by atoms with Gasteiger partial charge in [-0.05, 0) is 18.6 Å². The number of rotatable bonds is 2. The molecule has 0 radical (unpaired) electrons. The number of halogens is 3. The van der Waals surface area contributed by atoms with Gasteiger partial charge in [0.1, 0.15) is 0 Å². The Morgan fingerprint density at radius 3 is 2.65 bits per heavy atom. The Labute approximate surface area is 101 Å². The quantitative estimate of drug-likeness (QED) is 0.777. The second kappa shape index (κ2) is 4.49. The van der Waals surface area contributed by atoms with Crippen molar-refractivity contribution in [2.24, 2.45) is 0 Å². The Balaban J connectivity index is 2.39. The van der Waals surface area contributed by atoms with Gasteiger partial charge < -0.3 is 0 Å². The van der Waals surface area contributed by atoms with Gasteiger partial charge in [0.15, 0.2) is 0 Å². The lowest BCUT2D eigenvalue weighted by atomic mass is 10.1. The number of hydrogen-bond donors (Lipinski definition) is 0. The van der Waals surface area contributed by atoms with Crippen LogP contribution in [-0.4, -0.2) is 4.98 Å². The zero-order valence-corrected chi connectivity index (χ0v) is 9.90. The summed E-state index contributed by atoms with van der Waals surface area (Å²) in [6.07, 6.45) is -3.51. The molecule has 90 valence electrons. The summed E-state index contributed by atoms with van der Waals surface area (Å²) in [5.41, 5.74) is 0.481. The Hall–Kier alpha value is -1.36. The average Bonchev–Trinajstić information content (AvgIpc) is 2.76. The number of aromatic nitrogens is 1. The van der Waals surface area contributed by atoms with Crippen LogP contribution in [0.3, 0.4) is 0 Å². The molecule has 0 saturated heterocycles. The van der Waals surface area contributed by atoms with Crippen LogP contribution in [0.1, 0.15) is 17.5 Å². The van der Waals surface area contributed by atoms with Gasteiger partial charge in [-0.3, -0.25) is 0 Å². The molecule has 0 atom stereocenters. The van der Waals surface area contributed by atoms with Gasteiger partial charge in [0.2, 0.25) is 0 Å². The van der Waals surface area contributed by atoms with Gasteiger partial charge in [-0.2, -0.15) is 13.2 Å². The van der Waals surface area contributed by atoms with Gasteiger partial charge in [-0.25, -0.2) is 4.98 Å². The van der Waals surface area contributed by atoms with E-state index in [9.17, 15) is 13.2 Å². The highest BCUT2D eigenvalue weighted by molar-refractivity contribution is 7.09. The molecule has 5 heteroatoms. The van der Waals surface area contributed by atoms with E-state index >= 15 is 0 Å². The third-order valence-electron chi connectivity index (χ3n) is 2.34. The van der Waals surface area contributed by atoms with Gasteiger partial charge in [-0.15, -0.1) is 11.3 Å². The van der Waals surface area contributed by atoms with Crippen LogP contribution in [0.25, 0.3) is 11.3 Å². The topological polar surface area (TPSA) is 12.9 Å². The SMILES string of the molecule is CCc1nc(-c2cccc(C(F)(F)F)c2)cs1. The summed E-state index contributed by atoms with van der Waals surface area (Å²) in [5.74, 6) is 0. The predicted octanol–water partition coefficient (Wildman–Crippen LogP) is 4.39. The first-order chi connectivity index (χ1) is 8.00. The smallest absolute Gasteiger partial charge is 0.241 e. The Bertz CT molecular complexity index is 516. The van der Waals surface area contributed by atoms with Crippen molar-refractivity contribution in [3.63, 3.8) is 0 Å². The van der Waals surface area contributed by atoms with Crippen molar-refractivity contribution in [2.75, 3.05) is 0 Å². The lowest BCUT2D eigenvalue weighted by molar-refractivity contribution is -0.137. The Kier molecular flexibility index (Phi) is 3.19. The number of aryl methyl sites for hydroxylation is 1. The minimum absolute atomic E-state index is 0.510. The molecule has 0 unspecified atom stereocenters. The van der Waals surface area contributed by atoms with Crippen molar-refractivity contribution in [1.82, 2.24) is 4.98 Å². The maximum absolute atomic E-state index is 12.5. The molecule has 17 heavy (non-hydrogen) atoms. The molecular formula is C12H10F3NS. The molecule has 0 aliphatic heterocycles. The lowest BCUT2D eigenvalue weighted by Gasteiger charge is -2.07. The molecule has 0 N–H and O–H groups in total. The van der Waals surface area contributed by atoms with Crippen LogP contribution in [0.2, 0.25) is 0 Å². The van der Waals surface area contributed by atoms with Crippen LogP contribution >= 0.6 is 11.3 Å². The molecule has 1 aromatic heterocycles. The second-order valence-electron chi connectivity index (χ2n) is 3.56. The van der Waals surface area contributed by atoms with Gasteiger partial charge in [0.05, 0.1) is 16.3 Å². The van der Waals surface area contributed by atoms with Crippen LogP contribution in [0.15, 0.2) is 29.6 Å². The molecule has 0 saturated carbocycles. The molecule has 1 aromatic carbocycles. The summed E-state index contributed by atoms with van der Waals surface area (Å²) in [6.45, 7) is 1.97. The third kappa shape index (κ3) is 2.66. The highest BCUT2D eigenvalue weighted by atomic mass is 32.1. The fourth-order valence-electron chi connectivity index (χ4n) is 1.46. The zero-order valence-electron chi connectivity index (χ0n) is 9.08. The maximum Gasteiger partial charge on any atom is 0.416 e. The summed E-state index contributed by atoms with van der Waals surface area (Å²) in [7, 11) is 0. The largest absolute Gasteiger partial charge is 0.416 e. The number of benzene rings is 1. The van der Waals surface area contributed by atoms with Crippen molar-refractivity contribution in [2.45, 2.75) is 19.5 Å². The number of hydrogen-bond acceptors (Lipinski definition) is 2. The maximum atomic E-state index is 12.5. The Morgan fingerprint density at radius 1 is 1.29 bits per heavy atom. The number of thiazole rings is 1. The predicted molar refractivity (Wildman–Crippen MR) is 61.9 cm³/mol. The van der Waals surface area contributed by atoms with E-state index in [0.717, 1.165) is 23.6 Å². The van der Waals surface area contributed by atoms with E-state index in [1.807, 2.05) is 6.92 Å². The molecule has 1 heterocycles. The molecule has 0 bridgehead atoms. The monoisotopic (exact) mass is 257 g/mol. The molecule has 0 spiro atoms. The van der Waals surface area contributed by atoms with Gasteiger partial charge >= 0.3 is 6.18 Å². The standard InChI is InChI=1S/C12H10F3NS/c1-2-11-16-10(7-17-11)8-4-3-5-9(6-8)12(13,14)15/h3-7H,2H2,1H3. The third-order valence-corrected chi connectivity index (χ3v) is 3.33. The van der Waals surface area contributed by atoms with Crippen molar-refractivity contribution < 1.29 is 13.2 Å². The van der Waals surface area contributed by atoms with E-state index in [-0.39, 0.29) is 0 Å². The summed E-state index contributed by atoms with van der Waals surface area (Å²) < 4.78 is 37.6. The van der Waals surface area contributed by atoms with Gasteiger partial charge in [0, 0.05) is 10.9 Å². The molecule has 0 fully saturated rings. The highest BCUT2D eigenvalue weighted by Gasteiger charge is 2.30. The minimum Gasteiger partial charge on any atom is -0.241 e. The first-order valence-electron chi connectivity index (χ1n) is 5.12. The molecule has 2 aromatic rings. The fraction of sp³-hybridized carbons (Fsp3) is 0.250. The molecule has 0 aliphatic carbocycles. The van der Waals surface area contributed by atoms with E-state index in [1.54, 1.807) is 11.4 Å². The second-order valence-corrected chi connectivity index (χ2v) is 4.50. The summed E-state index contributed by atoms with van der Waals surface area (Å²) in [5, 5.41) is 2.71. The van der Waals surface area contributed by atoms with Crippen LogP contribution in [0.4, 0.5) is 13.2 Å². The molecular weight excluding hydrogens is 247 g/mol. The highest BCUT2D eigenvalue weighted by Crippen LogP contribution is 2.32. The van der Waals surface area contributed by atoms with E-state index < -0.39 is 11.7 Å². The summed E-state index contributed by atoms with van der Waals surface area (Å²) >= 11 is 1.47.